The summed E-state index contributed by atoms with van der Waals surface area (Å²) in [5.74, 6) is 0.833. The van der Waals surface area contributed by atoms with Crippen LogP contribution in [0, 0.1) is 0 Å². The maximum Gasteiger partial charge on any atom is 0.138 e. The van der Waals surface area contributed by atoms with E-state index in [1.807, 2.05) is 12.1 Å². The van der Waals surface area contributed by atoms with Gasteiger partial charge in [-0.05, 0) is 25.1 Å². The number of pyridine rings is 1. The molecule has 0 unspecified atom stereocenters. The van der Waals surface area contributed by atoms with Gasteiger partial charge >= 0.3 is 0 Å². The van der Waals surface area contributed by atoms with Gasteiger partial charge in [-0.2, -0.15) is 0 Å². The van der Waals surface area contributed by atoms with Gasteiger partial charge in [-0.25, -0.2) is 0 Å². The number of ether oxygens (including phenoxy) is 2. The molecule has 0 saturated carbocycles. The van der Waals surface area contributed by atoms with E-state index in [-0.39, 0.29) is 11.7 Å². The minimum atomic E-state index is 0.0346. The van der Waals surface area contributed by atoms with E-state index in [9.17, 15) is 0 Å². The van der Waals surface area contributed by atoms with E-state index in [1.165, 1.54) is 0 Å². The average Bonchev–Trinajstić information content (AvgIpc) is 2.92. The van der Waals surface area contributed by atoms with E-state index in [0.717, 1.165) is 31.7 Å². The molecule has 2 fully saturated rings. The second-order valence-electron chi connectivity index (χ2n) is 4.55. The summed E-state index contributed by atoms with van der Waals surface area (Å²) in [6.07, 6.45) is 5.75. The summed E-state index contributed by atoms with van der Waals surface area (Å²) in [4.78, 5) is 4.04. The number of nitrogens with one attached hydrogen (secondary N) is 1. The van der Waals surface area contributed by atoms with Gasteiger partial charge in [0, 0.05) is 19.2 Å². The first-order valence-electron chi connectivity index (χ1n) is 5.78. The largest absolute Gasteiger partial charge is 0.486 e. The topological polar surface area (TPSA) is 43.4 Å². The first kappa shape index (κ1) is 10.1. The van der Waals surface area contributed by atoms with Crippen LogP contribution in [0.4, 0.5) is 0 Å². The minimum Gasteiger partial charge on any atom is -0.486 e. The Bertz CT molecular complexity index is 349. The fourth-order valence-electron chi connectivity index (χ4n) is 2.51. The Hall–Kier alpha value is -1.13. The molecule has 1 N–H and O–H groups in total. The van der Waals surface area contributed by atoms with Crippen molar-refractivity contribution in [3.05, 3.63) is 24.5 Å². The molecule has 16 heavy (non-hydrogen) atoms. The highest BCUT2D eigenvalue weighted by molar-refractivity contribution is 5.16. The molecule has 3 rings (SSSR count). The molecule has 0 aliphatic carbocycles. The third-order valence-electron chi connectivity index (χ3n) is 3.32. The van der Waals surface area contributed by atoms with E-state index >= 15 is 0 Å². The summed E-state index contributed by atoms with van der Waals surface area (Å²) >= 11 is 0. The Balaban J connectivity index is 1.62. The van der Waals surface area contributed by atoms with E-state index in [0.29, 0.717) is 6.61 Å². The van der Waals surface area contributed by atoms with Gasteiger partial charge in [0.05, 0.1) is 18.4 Å². The lowest BCUT2D eigenvalue weighted by Crippen LogP contribution is -2.31. The molecule has 3 heterocycles. The molecule has 0 bridgehead atoms. The van der Waals surface area contributed by atoms with E-state index in [1.54, 1.807) is 12.4 Å². The third kappa shape index (κ3) is 1.90. The lowest BCUT2D eigenvalue weighted by atomic mass is 9.98. The molecule has 0 aromatic carbocycles. The van der Waals surface area contributed by atoms with Crippen LogP contribution in [-0.2, 0) is 4.74 Å². The summed E-state index contributed by atoms with van der Waals surface area (Å²) in [6.45, 7) is 2.70. The molecule has 0 amide bonds. The fourth-order valence-corrected chi connectivity index (χ4v) is 2.51. The molecular formula is C12H16N2O2. The maximum atomic E-state index is 5.88. The Morgan fingerprint density at radius 3 is 3.31 bits per heavy atom. The van der Waals surface area contributed by atoms with Gasteiger partial charge in [0.25, 0.3) is 0 Å². The van der Waals surface area contributed by atoms with Gasteiger partial charge < -0.3 is 14.8 Å². The monoisotopic (exact) mass is 220 g/mol. The van der Waals surface area contributed by atoms with Crippen LogP contribution >= 0.6 is 0 Å². The van der Waals surface area contributed by atoms with Crippen molar-refractivity contribution in [2.75, 3.05) is 19.7 Å². The van der Waals surface area contributed by atoms with Crippen molar-refractivity contribution in [2.24, 2.45) is 0 Å². The van der Waals surface area contributed by atoms with E-state index in [2.05, 4.69) is 10.3 Å². The van der Waals surface area contributed by atoms with Crippen molar-refractivity contribution in [3.8, 4) is 5.75 Å². The van der Waals surface area contributed by atoms with Crippen molar-refractivity contribution >= 4 is 0 Å². The summed E-state index contributed by atoms with van der Waals surface area (Å²) < 4.78 is 11.7. The molecule has 4 heteroatoms. The SMILES string of the molecule is c1cncc(O[C@@H]2CO[C@]3(CCNC3)C2)c1. The molecular weight excluding hydrogens is 204 g/mol. The van der Waals surface area contributed by atoms with E-state index < -0.39 is 0 Å². The molecule has 1 spiro atoms. The highest BCUT2D eigenvalue weighted by Gasteiger charge is 2.43. The van der Waals surface area contributed by atoms with Gasteiger partial charge in [0.15, 0.2) is 0 Å². The maximum absolute atomic E-state index is 5.88. The zero-order chi connectivity index (χ0) is 10.8. The molecule has 86 valence electrons. The van der Waals surface area contributed by atoms with Gasteiger partial charge in [-0.3, -0.25) is 4.98 Å². The highest BCUT2D eigenvalue weighted by atomic mass is 16.6. The molecule has 0 radical (unpaired) electrons. The van der Waals surface area contributed by atoms with Crippen molar-refractivity contribution < 1.29 is 9.47 Å². The van der Waals surface area contributed by atoms with Crippen molar-refractivity contribution in [2.45, 2.75) is 24.5 Å². The lowest BCUT2D eigenvalue weighted by molar-refractivity contribution is 0.0182. The smallest absolute Gasteiger partial charge is 0.138 e. The molecule has 2 aliphatic rings. The van der Waals surface area contributed by atoms with Gasteiger partial charge in [0.1, 0.15) is 11.9 Å². The Morgan fingerprint density at radius 2 is 2.56 bits per heavy atom. The van der Waals surface area contributed by atoms with E-state index in [4.69, 9.17) is 9.47 Å². The van der Waals surface area contributed by atoms with Crippen LogP contribution in [0.5, 0.6) is 5.75 Å². The fraction of sp³-hybridized carbons (Fsp3) is 0.583. The number of hydrogen-bond acceptors (Lipinski definition) is 4. The average molecular weight is 220 g/mol. The Kier molecular flexibility index (Phi) is 2.53. The molecule has 2 aliphatic heterocycles. The minimum absolute atomic E-state index is 0.0346. The van der Waals surface area contributed by atoms with Crippen LogP contribution < -0.4 is 10.1 Å². The first-order chi connectivity index (χ1) is 7.86. The van der Waals surface area contributed by atoms with Crippen LogP contribution in [0.15, 0.2) is 24.5 Å². The molecule has 4 nitrogen and oxygen atoms in total. The van der Waals surface area contributed by atoms with Crippen LogP contribution in [0.3, 0.4) is 0 Å². The van der Waals surface area contributed by atoms with Crippen LogP contribution in [0.1, 0.15) is 12.8 Å². The Labute approximate surface area is 95.0 Å². The number of hydrogen-bond donors (Lipinski definition) is 1. The summed E-state index contributed by atoms with van der Waals surface area (Å²) in [7, 11) is 0. The lowest BCUT2D eigenvalue weighted by Gasteiger charge is -2.20. The quantitative estimate of drug-likeness (QED) is 0.807. The summed E-state index contributed by atoms with van der Waals surface area (Å²) in [5.41, 5.74) is 0.0346. The van der Waals surface area contributed by atoms with Gasteiger partial charge in [0.2, 0.25) is 0 Å². The van der Waals surface area contributed by atoms with Crippen molar-refractivity contribution in [3.63, 3.8) is 0 Å². The standard InChI is InChI=1S/C12H16N2O2/c1-2-10(7-13-4-1)16-11-6-12(15-8-11)3-5-14-9-12/h1-2,4,7,11,14H,3,5-6,8-9H2/t11-,12+/m0/s1. The zero-order valence-corrected chi connectivity index (χ0v) is 9.19. The second-order valence-corrected chi connectivity index (χ2v) is 4.55. The summed E-state index contributed by atoms with van der Waals surface area (Å²) in [6, 6.07) is 3.82. The predicted octanol–water partition coefficient (Wildman–Crippen LogP) is 0.981. The normalized spacial score (nSPS) is 33.4. The first-order valence-corrected chi connectivity index (χ1v) is 5.78. The van der Waals surface area contributed by atoms with Crippen molar-refractivity contribution in [1.82, 2.24) is 10.3 Å². The zero-order valence-electron chi connectivity index (χ0n) is 9.19. The van der Waals surface area contributed by atoms with Crippen LogP contribution in [0.25, 0.3) is 0 Å². The number of nitrogens with zero attached hydrogens (tertiary/aromatic N) is 1. The molecule has 2 saturated heterocycles. The molecule has 1 aromatic rings. The van der Waals surface area contributed by atoms with Crippen LogP contribution in [-0.4, -0.2) is 36.4 Å². The predicted molar refractivity (Wildman–Crippen MR) is 59.4 cm³/mol. The van der Waals surface area contributed by atoms with Gasteiger partial charge in [-0.15, -0.1) is 0 Å². The molecule has 2 atom stereocenters. The number of aromatic nitrogens is 1. The Morgan fingerprint density at radius 1 is 1.56 bits per heavy atom. The van der Waals surface area contributed by atoms with Crippen molar-refractivity contribution in [1.29, 1.82) is 0 Å². The highest BCUT2D eigenvalue weighted by Crippen LogP contribution is 2.33. The van der Waals surface area contributed by atoms with Gasteiger partial charge in [-0.1, -0.05) is 0 Å². The molecule has 1 aromatic heterocycles. The summed E-state index contributed by atoms with van der Waals surface area (Å²) in [5, 5.41) is 3.35. The van der Waals surface area contributed by atoms with Crippen LogP contribution in [0.2, 0.25) is 0 Å². The number of rotatable bonds is 2. The second kappa shape index (κ2) is 4.03. The third-order valence-corrected chi connectivity index (χ3v) is 3.32.